The van der Waals surface area contributed by atoms with E-state index in [2.05, 4.69) is 0 Å². The SMILES string of the molecule is CCCCN(Cc1cccn1Cc1cccc(C(F)(F)F)c1)C(=O)CN(CC)C(=O)c1cccc(F)c1. The van der Waals surface area contributed by atoms with Crippen molar-refractivity contribution in [3.8, 4) is 0 Å². The molecule has 0 radical (unpaired) electrons. The molecule has 0 saturated heterocycles. The van der Waals surface area contributed by atoms with E-state index in [-0.39, 0.29) is 37.6 Å². The van der Waals surface area contributed by atoms with Crippen molar-refractivity contribution in [1.29, 1.82) is 0 Å². The van der Waals surface area contributed by atoms with Crippen LogP contribution in [0.4, 0.5) is 17.6 Å². The molecule has 2 aromatic carbocycles. The number of rotatable bonds is 11. The summed E-state index contributed by atoms with van der Waals surface area (Å²) in [5.74, 6) is -1.22. The lowest BCUT2D eigenvalue weighted by molar-refractivity contribution is -0.137. The number of carbonyl (C=O) groups excluding carboxylic acids is 2. The Morgan fingerprint density at radius 1 is 0.946 bits per heavy atom. The first-order chi connectivity index (χ1) is 17.6. The summed E-state index contributed by atoms with van der Waals surface area (Å²) in [6.45, 7) is 4.80. The number of carbonyl (C=O) groups is 2. The highest BCUT2D eigenvalue weighted by Crippen LogP contribution is 2.29. The number of nitrogens with zero attached hydrogens (tertiary/aromatic N) is 3. The maximum Gasteiger partial charge on any atom is 0.416 e. The molecule has 0 bridgehead atoms. The summed E-state index contributed by atoms with van der Waals surface area (Å²) in [6.07, 6.45) is -1.05. The fraction of sp³-hybridized carbons (Fsp3) is 0.357. The summed E-state index contributed by atoms with van der Waals surface area (Å²) in [4.78, 5) is 29.2. The van der Waals surface area contributed by atoms with Gasteiger partial charge in [0.1, 0.15) is 12.4 Å². The molecule has 0 aliphatic rings. The Labute approximate surface area is 214 Å². The van der Waals surface area contributed by atoms with E-state index in [4.69, 9.17) is 0 Å². The number of amides is 2. The molecular weight excluding hydrogens is 486 g/mol. The number of hydrogen-bond donors (Lipinski definition) is 0. The van der Waals surface area contributed by atoms with Crippen LogP contribution in [0.2, 0.25) is 0 Å². The fourth-order valence-electron chi connectivity index (χ4n) is 4.02. The van der Waals surface area contributed by atoms with Gasteiger partial charge in [0, 0.05) is 37.1 Å². The molecule has 3 rings (SSSR count). The first-order valence-electron chi connectivity index (χ1n) is 12.2. The van der Waals surface area contributed by atoms with Crippen LogP contribution in [0.25, 0.3) is 0 Å². The van der Waals surface area contributed by atoms with Crippen LogP contribution in [0.5, 0.6) is 0 Å². The minimum atomic E-state index is -4.42. The Morgan fingerprint density at radius 2 is 1.70 bits per heavy atom. The quantitative estimate of drug-likeness (QED) is 0.294. The number of halogens is 4. The molecule has 0 atom stereocenters. The van der Waals surface area contributed by atoms with E-state index in [0.29, 0.717) is 12.1 Å². The maximum atomic E-state index is 13.6. The van der Waals surface area contributed by atoms with Crippen molar-refractivity contribution in [3.63, 3.8) is 0 Å². The molecule has 0 spiro atoms. The Bertz CT molecular complexity index is 1210. The lowest BCUT2D eigenvalue weighted by atomic mass is 10.1. The molecule has 9 heteroatoms. The van der Waals surface area contributed by atoms with Gasteiger partial charge in [-0.3, -0.25) is 9.59 Å². The summed E-state index contributed by atoms with van der Waals surface area (Å²) in [5, 5.41) is 0. The topological polar surface area (TPSA) is 45.6 Å². The zero-order chi connectivity index (χ0) is 27.0. The van der Waals surface area contributed by atoms with Gasteiger partial charge in [0.05, 0.1) is 12.1 Å². The van der Waals surface area contributed by atoms with Gasteiger partial charge in [0.2, 0.25) is 5.91 Å². The Balaban J connectivity index is 1.75. The largest absolute Gasteiger partial charge is 0.416 e. The van der Waals surface area contributed by atoms with E-state index in [0.717, 1.165) is 36.7 Å². The number of alkyl halides is 3. The van der Waals surface area contributed by atoms with E-state index in [1.165, 1.54) is 29.2 Å². The minimum Gasteiger partial charge on any atom is -0.345 e. The summed E-state index contributed by atoms with van der Waals surface area (Å²) < 4.78 is 54.8. The van der Waals surface area contributed by atoms with Gasteiger partial charge in [-0.15, -0.1) is 0 Å². The molecule has 0 unspecified atom stereocenters. The van der Waals surface area contributed by atoms with Gasteiger partial charge in [-0.05, 0) is 61.4 Å². The number of benzene rings is 2. The Hall–Kier alpha value is -3.62. The van der Waals surface area contributed by atoms with Crippen LogP contribution in [-0.2, 0) is 24.1 Å². The molecule has 1 heterocycles. The zero-order valence-electron chi connectivity index (χ0n) is 21.0. The van der Waals surface area contributed by atoms with Crippen molar-refractivity contribution in [1.82, 2.24) is 14.4 Å². The van der Waals surface area contributed by atoms with Gasteiger partial charge in [-0.25, -0.2) is 4.39 Å². The third kappa shape index (κ3) is 7.68. The lowest BCUT2D eigenvalue weighted by Crippen LogP contribution is -2.43. The minimum absolute atomic E-state index is 0.163. The van der Waals surface area contributed by atoms with Crippen molar-refractivity contribution < 1.29 is 27.2 Å². The second kappa shape index (κ2) is 12.6. The Kier molecular flexibility index (Phi) is 9.49. The molecule has 0 N–H and O–H groups in total. The molecule has 0 fully saturated rings. The predicted molar refractivity (Wildman–Crippen MR) is 133 cm³/mol. The van der Waals surface area contributed by atoms with Crippen LogP contribution < -0.4 is 0 Å². The van der Waals surface area contributed by atoms with Crippen LogP contribution in [0.15, 0.2) is 66.9 Å². The standard InChI is InChI=1S/C28H31F4N3O2/c1-3-5-14-35(26(36)20-33(4-2)27(37)22-10-7-12-24(29)17-22)19-25-13-8-15-34(25)18-21-9-6-11-23(16-21)28(30,31)32/h6-13,15-17H,3-5,14,18-20H2,1-2H3. The number of hydrogen-bond acceptors (Lipinski definition) is 2. The highest BCUT2D eigenvalue weighted by molar-refractivity contribution is 5.96. The smallest absolute Gasteiger partial charge is 0.345 e. The molecule has 198 valence electrons. The zero-order valence-corrected chi connectivity index (χ0v) is 21.0. The van der Waals surface area contributed by atoms with Crippen molar-refractivity contribution in [3.05, 3.63) is 95.1 Å². The fourth-order valence-corrected chi connectivity index (χ4v) is 4.02. The van der Waals surface area contributed by atoms with Gasteiger partial charge in [-0.2, -0.15) is 13.2 Å². The van der Waals surface area contributed by atoms with E-state index in [1.807, 2.05) is 17.6 Å². The van der Waals surface area contributed by atoms with Gasteiger partial charge in [0.15, 0.2) is 0 Å². The van der Waals surface area contributed by atoms with E-state index < -0.39 is 23.5 Å². The van der Waals surface area contributed by atoms with Crippen LogP contribution in [0.1, 0.15) is 53.9 Å². The number of unbranched alkanes of at least 4 members (excludes halogenated alkanes) is 1. The predicted octanol–water partition coefficient (Wildman–Crippen LogP) is 5.99. The third-order valence-electron chi connectivity index (χ3n) is 6.08. The first kappa shape index (κ1) is 28.0. The van der Waals surface area contributed by atoms with Crippen LogP contribution >= 0.6 is 0 Å². The summed E-state index contributed by atoms with van der Waals surface area (Å²) >= 11 is 0. The molecule has 0 saturated carbocycles. The van der Waals surface area contributed by atoms with E-state index >= 15 is 0 Å². The monoisotopic (exact) mass is 517 g/mol. The lowest BCUT2D eigenvalue weighted by Gasteiger charge is -2.27. The molecule has 0 aliphatic carbocycles. The molecule has 0 aliphatic heterocycles. The van der Waals surface area contributed by atoms with Gasteiger partial charge < -0.3 is 14.4 Å². The van der Waals surface area contributed by atoms with Gasteiger partial charge in [-0.1, -0.05) is 31.5 Å². The summed E-state index contributed by atoms with van der Waals surface area (Å²) in [5.41, 5.74) is 0.726. The van der Waals surface area contributed by atoms with Crippen molar-refractivity contribution in [2.45, 2.75) is 46.0 Å². The molecular formula is C28H31F4N3O2. The highest BCUT2D eigenvalue weighted by Gasteiger charge is 2.30. The highest BCUT2D eigenvalue weighted by atomic mass is 19.4. The second-order valence-corrected chi connectivity index (χ2v) is 8.82. The van der Waals surface area contributed by atoms with Crippen molar-refractivity contribution >= 4 is 11.8 Å². The third-order valence-corrected chi connectivity index (χ3v) is 6.08. The van der Waals surface area contributed by atoms with Crippen LogP contribution in [0.3, 0.4) is 0 Å². The summed E-state index contributed by atoms with van der Waals surface area (Å²) in [7, 11) is 0. The van der Waals surface area contributed by atoms with Crippen molar-refractivity contribution in [2.24, 2.45) is 0 Å². The second-order valence-electron chi connectivity index (χ2n) is 8.82. The van der Waals surface area contributed by atoms with E-state index in [9.17, 15) is 27.2 Å². The molecule has 37 heavy (non-hydrogen) atoms. The molecule has 2 amide bonds. The number of likely N-dealkylation sites (N-methyl/N-ethyl adjacent to an activating group) is 1. The maximum absolute atomic E-state index is 13.6. The normalized spacial score (nSPS) is 11.4. The Morgan fingerprint density at radius 3 is 2.38 bits per heavy atom. The number of aromatic nitrogens is 1. The molecule has 1 aromatic heterocycles. The molecule has 5 nitrogen and oxygen atoms in total. The van der Waals surface area contributed by atoms with Gasteiger partial charge >= 0.3 is 6.18 Å². The average Bonchev–Trinajstić information content (AvgIpc) is 3.30. The van der Waals surface area contributed by atoms with Crippen LogP contribution in [-0.4, -0.2) is 45.8 Å². The van der Waals surface area contributed by atoms with Gasteiger partial charge in [0.25, 0.3) is 5.91 Å². The summed E-state index contributed by atoms with van der Waals surface area (Å²) in [6, 6.07) is 14.1. The average molecular weight is 518 g/mol. The van der Waals surface area contributed by atoms with E-state index in [1.54, 1.807) is 30.2 Å². The first-order valence-corrected chi connectivity index (χ1v) is 12.2. The van der Waals surface area contributed by atoms with Crippen molar-refractivity contribution in [2.75, 3.05) is 19.6 Å². The molecule has 3 aromatic rings. The van der Waals surface area contributed by atoms with Crippen LogP contribution in [0, 0.1) is 5.82 Å².